The van der Waals surface area contributed by atoms with Gasteiger partial charge in [-0.2, -0.15) is 0 Å². The van der Waals surface area contributed by atoms with E-state index in [1.165, 1.54) is 16.2 Å². The van der Waals surface area contributed by atoms with Crippen LogP contribution in [0.2, 0.25) is 5.32 Å². The zero-order chi connectivity index (χ0) is 13.4. The van der Waals surface area contributed by atoms with Crippen LogP contribution in [0.15, 0.2) is 18.2 Å². The van der Waals surface area contributed by atoms with E-state index in [0.29, 0.717) is 15.0 Å². The molecule has 0 radical (unpaired) electrons. The Morgan fingerprint density at radius 1 is 1.22 bits per heavy atom. The van der Waals surface area contributed by atoms with Crippen molar-refractivity contribution in [1.82, 2.24) is 5.32 Å². The fourth-order valence-electron chi connectivity index (χ4n) is 1.73. The maximum atomic E-state index is 5.32. The third-order valence-corrected chi connectivity index (χ3v) is 4.94. The Hall–Kier alpha value is -0.701. The Bertz CT molecular complexity index is 358. The van der Waals surface area contributed by atoms with Gasteiger partial charge in [0, 0.05) is 0 Å². The summed E-state index contributed by atoms with van der Waals surface area (Å²) in [7, 11) is 5.36. The van der Waals surface area contributed by atoms with Crippen molar-refractivity contribution >= 4 is 19.4 Å². The zero-order valence-electron chi connectivity index (χ0n) is 11.7. The monoisotopic (exact) mass is 317 g/mol. The second kappa shape index (κ2) is 8.41. The van der Waals surface area contributed by atoms with Crippen LogP contribution in [0.1, 0.15) is 13.3 Å². The Balaban J connectivity index is 2.47. The predicted molar refractivity (Wildman–Crippen MR) is 77.4 cm³/mol. The predicted octanol–water partition coefficient (Wildman–Crippen LogP) is 1.70. The number of nitrogens with one attached hydrogen (secondary N) is 1. The van der Waals surface area contributed by atoms with Crippen LogP contribution in [0.25, 0.3) is 0 Å². The van der Waals surface area contributed by atoms with Gasteiger partial charge >= 0.3 is 116 Å². The molecule has 4 heteroatoms. The molecule has 1 N–H and O–H groups in total. The molecule has 3 nitrogen and oxygen atoms in total. The average molecular weight is 316 g/mol. The van der Waals surface area contributed by atoms with E-state index in [1.807, 2.05) is 13.1 Å². The summed E-state index contributed by atoms with van der Waals surface area (Å²) in [4.78, 5) is 0. The van der Waals surface area contributed by atoms with E-state index in [0.717, 1.165) is 24.0 Å². The second-order valence-electron chi connectivity index (χ2n) is 4.32. The van der Waals surface area contributed by atoms with Gasteiger partial charge in [0.05, 0.1) is 0 Å². The van der Waals surface area contributed by atoms with Gasteiger partial charge in [0.15, 0.2) is 0 Å². The van der Waals surface area contributed by atoms with Gasteiger partial charge in [-0.1, -0.05) is 0 Å². The number of hydrogen-bond acceptors (Lipinski definition) is 3. The van der Waals surface area contributed by atoms with Gasteiger partial charge in [-0.3, -0.25) is 0 Å². The molecule has 1 aromatic carbocycles. The first-order chi connectivity index (χ1) is 8.71. The van der Waals surface area contributed by atoms with Crippen LogP contribution in [-0.4, -0.2) is 42.8 Å². The minimum atomic E-state index is 0.515. The molecule has 0 fully saturated rings. The Labute approximate surface area is 116 Å². The van der Waals surface area contributed by atoms with Crippen molar-refractivity contribution in [2.45, 2.75) is 18.7 Å². The molecule has 1 unspecified atom stereocenters. The third-order valence-electron chi connectivity index (χ3n) is 2.79. The van der Waals surface area contributed by atoms with Crippen LogP contribution in [0.3, 0.4) is 0 Å². The Morgan fingerprint density at radius 2 is 1.94 bits per heavy atom. The first kappa shape index (κ1) is 15.4. The van der Waals surface area contributed by atoms with Crippen molar-refractivity contribution in [3.63, 3.8) is 0 Å². The number of ether oxygens (including phenoxy) is 2. The summed E-state index contributed by atoms with van der Waals surface area (Å²) in [5.74, 6) is 2.39. The number of methoxy groups -OCH3 is 2. The van der Waals surface area contributed by atoms with Crippen LogP contribution in [0.4, 0.5) is 0 Å². The summed E-state index contributed by atoms with van der Waals surface area (Å²) < 4.78 is 11.9. The molecular weight excluding hydrogens is 293 g/mol. The summed E-state index contributed by atoms with van der Waals surface area (Å²) in [6, 6.07) is 6.23. The molecular formula is C14H23NO2Se. The van der Waals surface area contributed by atoms with Crippen molar-refractivity contribution in [3.05, 3.63) is 18.2 Å². The molecule has 0 saturated carbocycles. The molecule has 0 bridgehead atoms. The number of rotatable bonds is 8. The van der Waals surface area contributed by atoms with Gasteiger partial charge < -0.3 is 0 Å². The summed E-state index contributed by atoms with van der Waals surface area (Å²) in [5.41, 5.74) is 0. The zero-order valence-corrected chi connectivity index (χ0v) is 13.4. The average Bonchev–Trinajstić information content (AvgIpc) is 2.38. The van der Waals surface area contributed by atoms with E-state index in [1.54, 1.807) is 14.2 Å². The van der Waals surface area contributed by atoms with Crippen molar-refractivity contribution < 1.29 is 9.47 Å². The van der Waals surface area contributed by atoms with Crippen molar-refractivity contribution in [3.8, 4) is 11.5 Å². The molecule has 102 valence electrons. The van der Waals surface area contributed by atoms with Crippen LogP contribution in [-0.2, 0) is 0 Å². The topological polar surface area (TPSA) is 30.5 Å². The molecule has 1 atom stereocenters. The van der Waals surface area contributed by atoms with Crippen LogP contribution in [0, 0.1) is 5.92 Å². The third kappa shape index (κ3) is 4.89. The summed E-state index contributed by atoms with van der Waals surface area (Å²) in [6.45, 7) is 3.39. The number of benzene rings is 1. The quantitative estimate of drug-likeness (QED) is 0.741. The molecule has 0 amide bonds. The van der Waals surface area contributed by atoms with Gasteiger partial charge in [0.1, 0.15) is 0 Å². The van der Waals surface area contributed by atoms with E-state index in [9.17, 15) is 0 Å². The summed E-state index contributed by atoms with van der Waals surface area (Å²) >= 11 is 0.515. The molecule has 0 aliphatic carbocycles. The van der Waals surface area contributed by atoms with E-state index in [2.05, 4.69) is 24.4 Å². The SMILES string of the molecule is CNCC(C)CC[Se]c1ccc(OC)c(OC)c1. The molecule has 1 aromatic rings. The second-order valence-corrected chi connectivity index (χ2v) is 6.77. The van der Waals surface area contributed by atoms with Gasteiger partial charge in [-0.25, -0.2) is 0 Å². The van der Waals surface area contributed by atoms with Crippen molar-refractivity contribution in [2.75, 3.05) is 27.8 Å². The minimum absolute atomic E-state index is 0.515. The first-order valence-electron chi connectivity index (χ1n) is 6.20. The van der Waals surface area contributed by atoms with E-state index >= 15 is 0 Å². The van der Waals surface area contributed by atoms with Crippen LogP contribution < -0.4 is 19.3 Å². The van der Waals surface area contributed by atoms with Gasteiger partial charge in [0.2, 0.25) is 0 Å². The van der Waals surface area contributed by atoms with E-state index in [-0.39, 0.29) is 0 Å². The van der Waals surface area contributed by atoms with Crippen molar-refractivity contribution in [2.24, 2.45) is 5.92 Å². The summed E-state index contributed by atoms with van der Waals surface area (Å²) in [5, 5.41) is 4.49. The molecule has 0 aromatic heterocycles. The van der Waals surface area contributed by atoms with Crippen LogP contribution >= 0.6 is 0 Å². The number of hydrogen-bond donors (Lipinski definition) is 1. The fraction of sp³-hybridized carbons (Fsp3) is 0.571. The fourth-order valence-corrected chi connectivity index (χ4v) is 4.06. The maximum absolute atomic E-state index is 5.32. The molecule has 0 heterocycles. The van der Waals surface area contributed by atoms with Gasteiger partial charge in [-0.05, 0) is 0 Å². The molecule has 18 heavy (non-hydrogen) atoms. The Kier molecular flexibility index (Phi) is 7.18. The molecule has 0 saturated heterocycles. The van der Waals surface area contributed by atoms with Crippen molar-refractivity contribution in [1.29, 1.82) is 0 Å². The summed E-state index contributed by atoms with van der Waals surface area (Å²) in [6.07, 6.45) is 1.27. The molecule has 0 aliphatic rings. The van der Waals surface area contributed by atoms with Gasteiger partial charge in [-0.15, -0.1) is 0 Å². The molecule has 0 aliphatic heterocycles. The Morgan fingerprint density at radius 3 is 2.56 bits per heavy atom. The normalized spacial score (nSPS) is 12.2. The van der Waals surface area contributed by atoms with Crippen LogP contribution in [0.5, 0.6) is 11.5 Å². The molecule has 1 rings (SSSR count). The van der Waals surface area contributed by atoms with Gasteiger partial charge in [0.25, 0.3) is 0 Å². The standard InChI is InChI=1S/C14H23NO2Se/c1-11(10-15-2)7-8-18-12-5-6-13(16-3)14(9-12)17-4/h5-6,9,11,15H,7-8,10H2,1-4H3. The van der Waals surface area contributed by atoms with E-state index < -0.39 is 0 Å². The molecule has 0 spiro atoms. The van der Waals surface area contributed by atoms with E-state index in [4.69, 9.17) is 9.47 Å². The first-order valence-corrected chi connectivity index (χ1v) is 8.27.